The van der Waals surface area contributed by atoms with Gasteiger partial charge in [-0.3, -0.25) is 0 Å². The molecule has 0 fully saturated rings. The number of aromatic hydroxyl groups is 2. The highest BCUT2D eigenvalue weighted by Gasteiger charge is 2.04. The summed E-state index contributed by atoms with van der Waals surface area (Å²) in [4.78, 5) is 0. The molecular weight excluding hydrogens is 284 g/mol. The fourth-order valence-electron chi connectivity index (χ4n) is 2.81. The molecule has 0 amide bonds. The van der Waals surface area contributed by atoms with E-state index in [9.17, 15) is 10.2 Å². The van der Waals surface area contributed by atoms with Crippen molar-refractivity contribution in [1.29, 1.82) is 0 Å². The molecule has 1 aromatic rings. The first-order valence-electron chi connectivity index (χ1n) is 9.40. The fraction of sp³-hybridized carbons (Fsp3) is 0.619. The quantitative estimate of drug-likeness (QED) is 0.247. The molecule has 0 heterocycles. The van der Waals surface area contributed by atoms with E-state index in [0.717, 1.165) is 31.2 Å². The lowest BCUT2D eigenvalue weighted by Gasteiger charge is -2.05. The van der Waals surface area contributed by atoms with E-state index in [2.05, 4.69) is 19.1 Å². The summed E-state index contributed by atoms with van der Waals surface area (Å²) in [6.07, 6.45) is 19.5. The van der Waals surface area contributed by atoms with Crippen LogP contribution in [0.5, 0.6) is 11.5 Å². The summed E-state index contributed by atoms with van der Waals surface area (Å²) in [5.74, 6) is 0.0338. The summed E-state index contributed by atoms with van der Waals surface area (Å²) in [5.41, 5.74) is 0.851. The number of phenolic OH excluding ortho intramolecular Hbond substituents is 2. The van der Waals surface area contributed by atoms with Gasteiger partial charge in [0, 0.05) is 0 Å². The first kappa shape index (κ1) is 19.6. The normalized spacial score (nSPS) is 11.3. The SMILES string of the molecule is CCCCCCCC/C=C\CCCCCc1cccc(O)c1O. The number of allylic oxidation sites excluding steroid dienone is 2. The van der Waals surface area contributed by atoms with Crippen LogP contribution in [0.15, 0.2) is 30.4 Å². The average Bonchev–Trinajstić information content (AvgIpc) is 2.55. The molecule has 0 saturated carbocycles. The van der Waals surface area contributed by atoms with Crippen LogP contribution in [0.4, 0.5) is 0 Å². The maximum atomic E-state index is 9.73. The van der Waals surface area contributed by atoms with Crippen LogP contribution in [0.3, 0.4) is 0 Å². The third-order valence-electron chi connectivity index (χ3n) is 4.31. The Morgan fingerprint density at radius 2 is 1.39 bits per heavy atom. The van der Waals surface area contributed by atoms with Crippen LogP contribution < -0.4 is 0 Å². The summed E-state index contributed by atoms with van der Waals surface area (Å²) in [7, 11) is 0. The van der Waals surface area contributed by atoms with E-state index in [1.54, 1.807) is 6.07 Å². The molecular formula is C21H34O2. The molecule has 0 aliphatic heterocycles. The second kappa shape index (κ2) is 13.0. The zero-order valence-electron chi connectivity index (χ0n) is 14.8. The molecule has 0 bridgehead atoms. The zero-order chi connectivity index (χ0) is 16.8. The molecule has 1 rings (SSSR count). The Kier molecular flexibility index (Phi) is 11.1. The molecule has 0 aliphatic carbocycles. The van der Waals surface area contributed by atoms with Gasteiger partial charge in [-0.2, -0.15) is 0 Å². The van der Waals surface area contributed by atoms with E-state index in [1.165, 1.54) is 57.4 Å². The minimum absolute atomic E-state index is 0.0138. The maximum Gasteiger partial charge on any atom is 0.160 e. The number of hydrogen-bond donors (Lipinski definition) is 2. The lowest BCUT2D eigenvalue weighted by molar-refractivity contribution is 0.398. The van der Waals surface area contributed by atoms with Crippen molar-refractivity contribution < 1.29 is 10.2 Å². The van der Waals surface area contributed by atoms with Crippen LogP contribution in [0.1, 0.15) is 83.1 Å². The van der Waals surface area contributed by atoms with Crippen molar-refractivity contribution in [1.82, 2.24) is 0 Å². The molecule has 130 valence electrons. The monoisotopic (exact) mass is 318 g/mol. The molecule has 1 aromatic carbocycles. The van der Waals surface area contributed by atoms with Crippen LogP contribution in [0, 0.1) is 0 Å². The molecule has 0 aliphatic rings. The molecule has 2 nitrogen and oxygen atoms in total. The van der Waals surface area contributed by atoms with Crippen molar-refractivity contribution in [3.05, 3.63) is 35.9 Å². The summed E-state index contributed by atoms with van der Waals surface area (Å²) >= 11 is 0. The first-order valence-corrected chi connectivity index (χ1v) is 9.40. The number of aryl methyl sites for hydroxylation is 1. The Hall–Kier alpha value is -1.44. The third kappa shape index (κ3) is 9.32. The molecule has 0 spiro atoms. The van der Waals surface area contributed by atoms with Crippen molar-refractivity contribution in [2.75, 3.05) is 0 Å². The standard InChI is InChI=1S/C21H34O2/c1-2-3-4-5-6-7-8-9-10-11-12-13-14-16-19-17-15-18-20(22)21(19)23/h9-10,15,17-18,22-23H,2-8,11-14,16H2,1H3/b10-9-. The topological polar surface area (TPSA) is 40.5 Å². The molecule has 2 heteroatoms. The van der Waals surface area contributed by atoms with Gasteiger partial charge >= 0.3 is 0 Å². The van der Waals surface area contributed by atoms with Gasteiger partial charge in [0.25, 0.3) is 0 Å². The summed E-state index contributed by atoms with van der Waals surface area (Å²) < 4.78 is 0. The molecule has 0 unspecified atom stereocenters. The third-order valence-corrected chi connectivity index (χ3v) is 4.31. The van der Waals surface area contributed by atoms with Crippen molar-refractivity contribution in [3.8, 4) is 11.5 Å². The Labute approximate surface area is 142 Å². The van der Waals surface area contributed by atoms with Gasteiger partial charge in [-0.25, -0.2) is 0 Å². The van der Waals surface area contributed by atoms with Crippen molar-refractivity contribution in [2.24, 2.45) is 0 Å². The van der Waals surface area contributed by atoms with Gasteiger partial charge in [-0.05, 0) is 50.2 Å². The Morgan fingerprint density at radius 3 is 2.09 bits per heavy atom. The van der Waals surface area contributed by atoms with Crippen molar-refractivity contribution >= 4 is 0 Å². The average molecular weight is 319 g/mol. The number of benzene rings is 1. The molecule has 2 N–H and O–H groups in total. The highest BCUT2D eigenvalue weighted by atomic mass is 16.3. The van der Waals surface area contributed by atoms with Gasteiger partial charge in [0.1, 0.15) is 0 Å². The zero-order valence-corrected chi connectivity index (χ0v) is 14.8. The second-order valence-corrected chi connectivity index (χ2v) is 6.41. The van der Waals surface area contributed by atoms with Crippen LogP contribution in [-0.4, -0.2) is 10.2 Å². The molecule has 0 radical (unpaired) electrons. The van der Waals surface area contributed by atoms with Crippen LogP contribution in [0.2, 0.25) is 0 Å². The summed E-state index contributed by atoms with van der Waals surface area (Å²) in [6, 6.07) is 5.19. The van der Waals surface area contributed by atoms with Gasteiger partial charge in [0.05, 0.1) is 0 Å². The van der Waals surface area contributed by atoms with Crippen molar-refractivity contribution in [3.63, 3.8) is 0 Å². The number of phenols is 2. The van der Waals surface area contributed by atoms with E-state index in [-0.39, 0.29) is 11.5 Å². The summed E-state index contributed by atoms with van der Waals surface area (Å²) in [5, 5.41) is 19.2. The lowest BCUT2D eigenvalue weighted by Crippen LogP contribution is -1.87. The fourth-order valence-corrected chi connectivity index (χ4v) is 2.81. The number of para-hydroxylation sites is 1. The maximum absolute atomic E-state index is 9.73. The number of rotatable bonds is 13. The van der Waals surface area contributed by atoms with E-state index < -0.39 is 0 Å². The summed E-state index contributed by atoms with van der Waals surface area (Å²) in [6.45, 7) is 2.26. The Bertz CT molecular complexity index is 437. The Balaban J connectivity index is 1.95. The van der Waals surface area contributed by atoms with E-state index in [4.69, 9.17) is 0 Å². The van der Waals surface area contributed by atoms with Gasteiger partial charge < -0.3 is 10.2 Å². The van der Waals surface area contributed by atoms with Crippen LogP contribution in [-0.2, 0) is 6.42 Å². The molecule has 0 saturated heterocycles. The van der Waals surface area contributed by atoms with Gasteiger partial charge in [-0.15, -0.1) is 0 Å². The predicted octanol–water partition coefficient (Wildman–Crippen LogP) is 6.51. The van der Waals surface area contributed by atoms with Crippen molar-refractivity contribution in [2.45, 2.75) is 84.0 Å². The van der Waals surface area contributed by atoms with Crippen LogP contribution in [0.25, 0.3) is 0 Å². The predicted molar refractivity (Wildman–Crippen MR) is 99.1 cm³/mol. The minimum Gasteiger partial charge on any atom is -0.504 e. The van der Waals surface area contributed by atoms with E-state index in [0.29, 0.717) is 0 Å². The number of unbranched alkanes of at least 4 members (excludes halogenated alkanes) is 9. The lowest BCUT2D eigenvalue weighted by atomic mass is 10.0. The largest absolute Gasteiger partial charge is 0.504 e. The van der Waals surface area contributed by atoms with Gasteiger partial charge in [0.15, 0.2) is 11.5 Å². The van der Waals surface area contributed by atoms with Gasteiger partial charge in [0.2, 0.25) is 0 Å². The second-order valence-electron chi connectivity index (χ2n) is 6.41. The van der Waals surface area contributed by atoms with E-state index >= 15 is 0 Å². The van der Waals surface area contributed by atoms with Crippen LogP contribution >= 0.6 is 0 Å². The smallest absolute Gasteiger partial charge is 0.160 e. The highest BCUT2D eigenvalue weighted by Crippen LogP contribution is 2.29. The minimum atomic E-state index is -0.0138. The molecule has 23 heavy (non-hydrogen) atoms. The van der Waals surface area contributed by atoms with E-state index in [1.807, 2.05) is 6.07 Å². The molecule has 0 atom stereocenters. The molecule has 0 aromatic heterocycles. The first-order chi connectivity index (χ1) is 11.3. The van der Waals surface area contributed by atoms with Gasteiger partial charge in [-0.1, -0.05) is 69.7 Å². The Morgan fingerprint density at radius 1 is 0.783 bits per heavy atom. The number of hydrogen-bond acceptors (Lipinski definition) is 2. The highest BCUT2D eigenvalue weighted by molar-refractivity contribution is 5.44.